The molecular weight excluding hydrogens is 458 g/mol. The highest BCUT2D eigenvalue weighted by atomic mass is 79.9. The molecule has 2 aromatic heterocycles. The van der Waals surface area contributed by atoms with Crippen molar-refractivity contribution in [1.29, 1.82) is 0 Å². The number of tetrazole rings is 1. The monoisotopic (exact) mass is 471 g/mol. The van der Waals surface area contributed by atoms with Crippen molar-refractivity contribution in [2.45, 2.75) is 17.0 Å². The van der Waals surface area contributed by atoms with E-state index in [1.807, 2.05) is 18.2 Å². The number of hydrogen-bond acceptors (Lipinski definition) is 8. The largest absolute Gasteiger partial charge is 0.334 e. The highest BCUT2D eigenvalue weighted by molar-refractivity contribution is 9.10. The van der Waals surface area contributed by atoms with E-state index in [1.165, 1.54) is 11.8 Å². The van der Waals surface area contributed by atoms with Gasteiger partial charge in [0.2, 0.25) is 5.16 Å². The second kappa shape index (κ2) is 8.13. The minimum absolute atomic E-state index is 0.241. The molecule has 4 aromatic rings. The van der Waals surface area contributed by atoms with Gasteiger partial charge in [-0.15, -0.1) is 5.10 Å². The number of nitrogens with one attached hydrogen (secondary N) is 1. The van der Waals surface area contributed by atoms with Gasteiger partial charge in [0.05, 0.1) is 5.69 Å². The molecule has 0 aliphatic carbocycles. The SMILES string of the molecule is Cc1noc(-c2ccc(C(=O)Nc3cc(Br)ccc3Sc3nnnn3C)cc2)n1. The lowest BCUT2D eigenvalue weighted by atomic mass is 10.1. The predicted molar refractivity (Wildman–Crippen MR) is 109 cm³/mol. The first kappa shape index (κ1) is 19.3. The molecule has 4 rings (SSSR count). The summed E-state index contributed by atoms with van der Waals surface area (Å²) in [6.45, 7) is 1.75. The molecule has 2 aromatic carbocycles. The van der Waals surface area contributed by atoms with E-state index in [0.29, 0.717) is 28.1 Å². The maximum atomic E-state index is 12.8. The Bertz CT molecular complexity index is 1170. The van der Waals surface area contributed by atoms with Crippen molar-refractivity contribution >= 4 is 39.3 Å². The number of nitrogens with zero attached hydrogens (tertiary/aromatic N) is 6. The minimum atomic E-state index is -0.241. The van der Waals surface area contributed by atoms with Crippen LogP contribution in [0.2, 0.25) is 0 Å². The molecule has 11 heteroatoms. The standard InChI is InChI=1S/C18H14BrN7O2S/c1-10-20-17(28-23-10)12-5-3-11(4-6-12)16(27)21-14-9-13(19)7-8-15(14)29-18-22-24-25-26(18)2/h3-9H,1-2H3,(H,21,27). The summed E-state index contributed by atoms with van der Waals surface area (Å²) in [5.74, 6) is 0.728. The number of aryl methyl sites for hydroxylation is 2. The van der Waals surface area contributed by atoms with E-state index in [-0.39, 0.29) is 5.91 Å². The minimum Gasteiger partial charge on any atom is -0.334 e. The molecule has 1 amide bonds. The number of aromatic nitrogens is 6. The predicted octanol–water partition coefficient (Wildman–Crippen LogP) is 3.73. The molecule has 0 fully saturated rings. The van der Waals surface area contributed by atoms with Crippen LogP contribution < -0.4 is 5.32 Å². The summed E-state index contributed by atoms with van der Waals surface area (Å²) in [4.78, 5) is 17.8. The number of anilines is 1. The summed E-state index contributed by atoms with van der Waals surface area (Å²) in [5.41, 5.74) is 1.89. The van der Waals surface area contributed by atoms with Gasteiger partial charge < -0.3 is 9.84 Å². The van der Waals surface area contributed by atoms with Crippen LogP contribution in [-0.4, -0.2) is 36.3 Å². The summed E-state index contributed by atoms with van der Waals surface area (Å²) in [6.07, 6.45) is 0. The van der Waals surface area contributed by atoms with E-state index in [4.69, 9.17) is 4.52 Å². The molecule has 0 unspecified atom stereocenters. The Morgan fingerprint density at radius 2 is 2.00 bits per heavy atom. The van der Waals surface area contributed by atoms with Crippen LogP contribution in [0.4, 0.5) is 5.69 Å². The molecule has 146 valence electrons. The first-order valence-electron chi connectivity index (χ1n) is 8.41. The van der Waals surface area contributed by atoms with Gasteiger partial charge in [0.15, 0.2) is 5.82 Å². The second-order valence-corrected chi connectivity index (χ2v) is 7.93. The summed E-state index contributed by atoms with van der Waals surface area (Å²) in [7, 11) is 1.76. The van der Waals surface area contributed by atoms with Crippen molar-refractivity contribution in [3.05, 3.63) is 58.3 Å². The van der Waals surface area contributed by atoms with Crippen molar-refractivity contribution in [1.82, 2.24) is 30.3 Å². The molecule has 0 atom stereocenters. The van der Waals surface area contributed by atoms with Gasteiger partial charge in [-0.25, -0.2) is 4.68 Å². The van der Waals surface area contributed by atoms with Gasteiger partial charge in [-0.05, 0) is 71.6 Å². The van der Waals surface area contributed by atoms with Crippen LogP contribution in [0.15, 0.2) is 61.5 Å². The third kappa shape index (κ3) is 4.35. The first-order valence-corrected chi connectivity index (χ1v) is 10.0. The Balaban J connectivity index is 1.55. The zero-order valence-electron chi connectivity index (χ0n) is 15.3. The lowest BCUT2D eigenvalue weighted by Gasteiger charge is -2.11. The third-order valence-electron chi connectivity index (χ3n) is 3.89. The fourth-order valence-corrected chi connectivity index (χ4v) is 3.63. The molecule has 9 nitrogen and oxygen atoms in total. The van der Waals surface area contributed by atoms with E-state index in [1.54, 1.807) is 42.9 Å². The molecule has 29 heavy (non-hydrogen) atoms. The van der Waals surface area contributed by atoms with E-state index in [2.05, 4.69) is 46.9 Å². The number of amides is 1. The maximum Gasteiger partial charge on any atom is 0.257 e. The molecular formula is C18H14BrN7O2S. The van der Waals surface area contributed by atoms with Crippen LogP contribution in [0.5, 0.6) is 0 Å². The van der Waals surface area contributed by atoms with Crippen molar-refractivity contribution in [2.24, 2.45) is 7.05 Å². The normalized spacial score (nSPS) is 10.9. The summed E-state index contributed by atoms with van der Waals surface area (Å²) < 4.78 is 7.56. The third-order valence-corrected chi connectivity index (χ3v) is 5.49. The number of carbonyl (C=O) groups is 1. The molecule has 1 N–H and O–H groups in total. The van der Waals surface area contributed by atoms with Gasteiger partial charge in [-0.2, -0.15) is 4.98 Å². The van der Waals surface area contributed by atoms with Crippen molar-refractivity contribution in [2.75, 3.05) is 5.32 Å². The van der Waals surface area contributed by atoms with Gasteiger partial charge in [0.25, 0.3) is 11.8 Å². The molecule has 0 spiro atoms. The van der Waals surface area contributed by atoms with E-state index in [0.717, 1.165) is 14.9 Å². The molecule has 0 aliphatic heterocycles. The second-order valence-electron chi connectivity index (χ2n) is 6.01. The number of benzene rings is 2. The van der Waals surface area contributed by atoms with Crippen molar-refractivity contribution in [3.8, 4) is 11.5 Å². The summed E-state index contributed by atoms with van der Waals surface area (Å²) >= 11 is 4.80. The van der Waals surface area contributed by atoms with Crippen LogP contribution in [0.1, 0.15) is 16.2 Å². The van der Waals surface area contributed by atoms with Gasteiger partial charge in [-0.3, -0.25) is 4.79 Å². The Morgan fingerprint density at radius 3 is 2.66 bits per heavy atom. The first-order chi connectivity index (χ1) is 14.0. The van der Waals surface area contributed by atoms with Gasteiger partial charge in [-0.1, -0.05) is 21.1 Å². The van der Waals surface area contributed by atoms with Gasteiger partial charge in [0, 0.05) is 27.5 Å². The Labute approximate surface area is 178 Å². The number of carbonyl (C=O) groups excluding carboxylic acids is 1. The summed E-state index contributed by atoms with van der Waals surface area (Å²) in [6, 6.07) is 12.6. The Morgan fingerprint density at radius 1 is 1.21 bits per heavy atom. The average molecular weight is 472 g/mol. The zero-order valence-corrected chi connectivity index (χ0v) is 17.7. The number of halogens is 1. The van der Waals surface area contributed by atoms with Crippen molar-refractivity contribution < 1.29 is 9.32 Å². The number of rotatable bonds is 5. The quantitative estimate of drug-likeness (QED) is 0.468. The Hall–Kier alpha value is -3.05. The smallest absolute Gasteiger partial charge is 0.257 e. The zero-order chi connectivity index (χ0) is 20.4. The Kier molecular flexibility index (Phi) is 5.41. The lowest BCUT2D eigenvalue weighted by molar-refractivity contribution is 0.102. The van der Waals surface area contributed by atoms with Gasteiger partial charge >= 0.3 is 0 Å². The van der Waals surface area contributed by atoms with E-state index >= 15 is 0 Å². The van der Waals surface area contributed by atoms with Crippen LogP contribution in [-0.2, 0) is 7.05 Å². The fraction of sp³-hybridized carbons (Fsp3) is 0.111. The lowest BCUT2D eigenvalue weighted by Crippen LogP contribution is -2.12. The number of hydrogen-bond donors (Lipinski definition) is 1. The molecule has 0 saturated heterocycles. The van der Waals surface area contributed by atoms with E-state index < -0.39 is 0 Å². The molecule has 0 bridgehead atoms. The van der Waals surface area contributed by atoms with Crippen LogP contribution >= 0.6 is 27.7 Å². The average Bonchev–Trinajstić information content (AvgIpc) is 3.32. The molecule has 2 heterocycles. The van der Waals surface area contributed by atoms with Crippen LogP contribution in [0.3, 0.4) is 0 Å². The maximum absolute atomic E-state index is 12.8. The summed E-state index contributed by atoms with van der Waals surface area (Å²) in [5, 5.41) is 18.8. The fourth-order valence-electron chi connectivity index (χ4n) is 2.47. The van der Waals surface area contributed by atoms with Crippen molar-refractivity contribution in [3.63, 3.8) is 0 Å². The molecule has 0 saturated carbocycles. The molecule has 0 radical (unpaired) electrons. The van der Waals surface area contributed by atoms with Crippen LogP contribution in [0, 0.1) is 6.92 Å². The highest BCUT2D eigenvalue weighted by Gasteiger charge is 2.14. The molecule has 0 aliphatic rings. The highest BCUT2D eigenvalue weighted by Crippen LogP contribution is 2.34. The topological polar surface area (TPSA) is 112 Å². The van der Waals surface area contributed by atoms with Crippen LogP contribution in [0.25, 0.3) is 11.5 Å². The van der Waals surface area contributed by atoms with Gasteiger partial charge in [0.1, 0.15) is 0 Å². The van der Waals surface area contributed by atoms with E-state index in [9.17, 15) is 4.79 Å².